The standard InChI is InChI=1S/C21H19NO4S2/c1-2-14-5-3-6-15-8-9-16(11-17(14)15)20(21(25)26)28-12-18(24)22(13-23)19-7-4-10-27-19/h3-11,13,20H,2,12H2,1H3,(H,25,26). The van der Waals surface area contributed by atoms with Gasteiger partial charge >= 0.3 is 5.97 Å². The highest BCUT2D eigenvalue weighted by atomic mass is 32.2. The minimum absolute atomic E-state index is 0.110. The van der Waals surface area contributed by atoms with Crippen LogP contribution >= 0.6 is 23.1 Å². The topological polar surface area (TPSA) is 74.7 Å². The maximum atomic E-state index is 12.4. The number of thiophene rings is 1. The van der Waals surface area contributed by atoms with E-state index in [1.165, 1.54) is 11.3 Å². The highest BCUT2D eigenvalue weighted by molar-refractivity contribution is 8.00. The average molecular weight is 414 g/mol. The van der Waals surface area contributed by atoms with Crippen molar-refractivity contribution in [1.29, 1.82) is 0 Å². The van der Waals surface area contributed by atoms with Crippen LogP contribution in [-0.2, 0) is 20.8 Å². The molecule has 28 heavy (non-hydrogen) atoms. The molecular weight excluding hydrogens is 394 g/mol. The zero-order valence-corrected chi connectivity index (χ0v) is 16.8. The van der Waals surface area contributed by atoms with Crippen LogP contribution in [0.15, 0.2) is 53.9 Å². The number of anilines is 1. The summed E-state index contributed by atoms with van der Waals surface area (Å²) in [4.78, 5) is 36.6. The third-order valence-corrected chi connectivity index (χ3v) is 6.48. The van der Waals surface area contributed by atoms with Crippen LogP contribution in [-0.4, -0.2) is 29.1 Å². The maximum absolute atomic E-state index is 12.4. The molecule has 2 amide bonds. The number of thioether (sulfide) groups is 1. The predicted molar refractivity (Wildman–Crippen MR) is 114 cm³/mol. The molecule has 0 radical (unpaired) electrons. The van der Waals surface area contributed by atoms with Crippen molar-refractivity contribution in [2.45, 2.75) is 18.6 Å². The van der Waals surface area contributed by atoms with Crippen molar-refractivity contribution < 1.29 is 19.5 Å². The van der Waals surface area contributed by atoms with Gasteiger partial charge in [0.2, 0.25) is 12.3 Å². The molecule has 0 aliphatic heterocycles. The van der Waals surface area contributed by atoms with E-state index in [1.807, 2.05) is 30.3 Å². The number of rotatable bonds is 8. The van der Waals surface area contributed by atoms with E-state index in [2.05, 4.69) is 6.92 Å². The van der Waals surface area contributed by atoms with Crippen molar-refractivity contribution >= 4 is 57.2 Å². The third-order valence-electron chi connectivity index (χ3n) is 4.40. The van der Waals surface area contributed by atoms with Gasteiger partial charge in [0, 0.05) is 0 Å². The molecule has 0 aliphatic carbocycles. The summed E-state index contributed by atoms with van der Waals surface area (Å²) in [5.74, 6) is -1.57. The Morgan fingerprint density at radius 2 is 2.04 bits per heavy atom. The van der Waals surface area contributed by atoms with E-state index >= 15 is 0 Å². The van der Waals surface area contributed by atoms with Crippen molar-refractivity contribution in [3.63, 3.8) is 0 Å². The zero-order valence-electron chi connectivity index (χ0n) is 15.2. The smallest absolute Gasteiger partial charge is 0.321 e. The van der Waals surface area contributed by atoms with E-state index in [0.29, 0.717) is 17.0 Å². The Morgan fingerprint density at radius 1 is 1.21 bits per heavy atom. The molecule has 1 atom stereocenters. The highest BCUT2D eigenvalue weighted by Crippen LogP contribution is 2.33. The SMILES string of the molecule is CCc1cccc2ccc(C(SCC(=O)N(C=O)c3cccs3)C(=O)O)cc12. The van der Waals surface area contributed by atoms with E-state index < -0.39 is 17.1 Å². The summed E-state index contributed by atoms with van der Waals surface area (Å²) in [7, 11) is 0. The largest absolute Gasteiger partial charge is 0.480 e. The number of hydrogen-bond acceptors (Lipinski definition) is 5. The van der Waals surface area contributed by atoms with E-state index in [0.717, 1.165) is 39.4 Å². The second-order valence-electron chi connectivity index (χ2n) is 6.10. The molecule has 5 nitrogen and oxygen atoms in total. The lowest BCUT2D eigenvalue weighted by Gasteiger charge is -2.17. The van der Waals surface area contributed by atoms with Crippen LogP contribution in [0.2, 0.25) is 0 Å². The number of nitrogens with zero attached hydrogens (tertiary/aromatic N) is 1. The summed E-state index contributed by atoms with van der Waals surface area (Å²) in [5.41, 5.74) is 1.78. The lowest BCUT2D eigenvalue weighted by Crippen LogP contribution is -2.30. The van der Waals surface area contributed by atoms with Crippen molar-refractivity contribution in [2.24, 2.45) is 0 Å². The second-order valence-corrected chi connectivity index (χ2v) is 8.12. The molecule has 3 rings (SSSR count). The molecule has 0 saturated heterocycles. The number of benzene rings is 2. The number of imide groups is 1. The van der Waals surface area contributed by atoms with Gasteiger partial charge in [0.1, 0.15) is 10.3 Å². The molecule has 2 aromatic carbocycles. The first kappa shape index (κ1) is 20.1. The lowest BCUT2D eigenvalue weighted by molar-refractivity contribution is -0.136. The van der Waals surface area contributed by atoms with Gasteiger partial charge in [0.25, 0.3) is 0 Å². The number of aryl methyl sites for hydroxylation is 1. The molecule has 0 spiro atoms. The predicted octanol–water partition coefficient (Wildman–Crippen LogP) is 4.51. The van der Waals surface area contributed by atoms with E-state index in [1.54, 1.807) is 23.6 Å². The van der Waals surface area contributed by atoms with E-state index in [9.17, 15) is 19.5 Å². The number of carbonyl (C=O) groups is 3. The molecule has 1 unspecified atom stereocenters. The van der Waals surface area contributed by atoms with Gasteiger partial charge in [-0.15, -0.1) is 23.1 Å². The molecule has 0 saturated carbocycles. The first-order valence-corrected chi connectivity index (χ1v) is 10.6. The van der Waals surface area contributed by atoms with E-state index in [4.69, 9.17) is 0 Å². The van der Waals surface area contributed by atoms with Crippen LogP contribution in [0.25, 0.3) is 10.8 Å². The number of carboxylic acids is 1. The van der Waals surface area contributed by atoms with Gasteiger partial charge in [0.05, 0.1) is 5.75 Å². The number of carbonyl (C=O) groups excluding carboxylic acids is 2. The van der Waals surface area contributed by atoms with Crippen molar-refractivity contribution in [1.82, 2.24) is 0 Å². The molecule has 1 aromatic heterocycles. The Labute approximate surface area is 171 Å². The Hall–Kier alpha value is -2.64. The number of fused-ring (bicyclic) bond motifs is 1. The quantitative estimate of drug-likeness (QED) is 0.550. The van der Waals surface area contributed by atoms with Crippen molar-refractivity contribution in [3.8, 4) is 0 Å². The van der Waals surface area contributed by atoms with Gasteiger partial charge < -0.3 is 5.11 Å². The number of carboxylic acid groups (broad SMARTS) is 1. The fourth-order valence-corrected chi connectivity index (χ4v) is 4.64. The van der Waals surface area contributed by atoms with Crippen LogP contribution in [0.3, 0.4) is 0 Å². The summed E-state index contributed by atoms with van der Waals surface area (Å²) < 4.78 is 0. The van der Waals surface area contributed by atoms with Crippen LogP contribution in [0.4, 0.5) is 5.00 Å². The van der Waals surface area contributed by atoms with Gasteiger partial charge in [-0.2, -0.15) is 0 Å². The molecule has 0 fully saturated rings. The Morgan fingerprint density at radius 3 is 2.68 bits per heavy atom. The Bertz CT molecular complexity index is 1000. The zero-order chi connectivity index (χ0) is 20.1. The van der Waals surface area contributed by atoms with Gasteiger partial charge in [-0.05, 0) is 51.9 Å². The Balaban J connectivity index is 1.82. The highest BCUT2D eigenvalue weighted by Gasteiger charge is 2.24. The fraction of sp³-hybridized carbons (Fsp3) is 0.190. The minimum atomic E-state index is -1.01. The van der Waals surface area contributed by atoms with Gasteiger partial charge in [-0.25, -0.2) is 4.90 Å². The maximum Gasteiger partial charge on any atom is 0.321 e. The lowest BCUT2D eigenvalue weighted by atomic mass is 9.99. The van der Waals surface area contributed by atoms with Gasteiger partial charge in [0.15, 0.2) is 0 Å². The molecule has 1 heterocycles. The van der Waals surface area contributed by atoms with Gasteiger partial charge in [-0.1, -0.05) is 37.3 Å². The molecule has 7 heteroatoms. The second kappa shape index (κ2) is 9.03. The summed E-state index contributed by atoms with van der Waals surface area (Å²) in [6.45, 7) is 2.06. The molecule has 0 aliphatic rings. The Kier molecular flexibility index (Phi) is 6.49. The van der Waals surface area contributed by atoms with Crippen LogP contribution < -0.4 is 4.90 Å². The average Bonchev–Trinajstić information content (AvgIpc) is 3.22. The fourth-order valence-electron chi connectivity index (χ4n) is 3.00. The third kappa shape index (κ3) is 4.26. The monoisotopic (exact) mass is 413 g/mol. The first-order valence-electron chi connectivity index (χ1n) is 8.72. The first-order chi connectivity index (χ1) is 13.5. The molecule has 1 N–H and O–H groups in total. The van der Waals surface area contributed by atoms with Crippen LogP contribution in [0.5, 0.6) is 0 Å². The summed E-state index contributed by atoms with van der Waals surface area (Å²) in [6.07, 6.45) is 1.31. The van der Waals surface area contributed by atoms with Crippen LogP contribution in [0.1, 0.15) is 23.3 Å². The number of hydrogen-bond donors (Lipinski definition) is 1. The summed E-state index contributed by atoms with van der Waals surface area (Å²) >= 11 is 2.28. The summed E-state index contributed by atoms with van der Waals surface area (Å²) in [5, 5.41) is 13.2. The number of amides is 2. The molecule has 0 bridgehead atoms. The van der Waals surface area contributed by atoms with E-state index in [-0.39, 0.29) is 5.75 Å². The molecular formula is C21H19NO4S2. The van der Waals surface area contributed by atoms with Gasteiger partial charge in [-0.3, -0.25) is 14.4 Å². The van der Waals surface area contributed by atoms with Crippen molar-refractivity contribution in [3.05, 3.63) is 65.0 Å². The molecule has 3 aromatic rings. The summed E-state index contributed by atoms with van der Waals surface area (Å²) in [6, 6.07) is 15.0. The minimum Gasteiger partial charge on any atom is -0.480 e. The number of aliphatic carboxylic acids is 1. The van der Waals surface area contributed by atoms with Crippen LogP contribution in [0, 0.1) is 0 Å². The normalized spacial score (nSPS) is 11.9. The van der Waals surface area contributed by atoms with Crippen molar-refractivity contribution in [2.75, 3.05) is 10.7 Å². The molecule has 144 valence electrons.